The molecule has 27 heavy (non-hydrogen) atoms. The molecule has 0 unspecified atom stereocenters. The quantitative estimate of drug-likeness (QED) is 0.384. The molecule has 2 aromatic carbocycles. The fourth-order valence-corrected chi connectivity index (χ4v) is 3.68. The molecule has 140 valence electrons. The van der Waals surface area contributed by atoms with Crippen molar-refractivity contribution in [2.24, 2.45) is 0 Å². The van der Waals surface area contributed by atoms with E-state index >= 15 is 0 Å². The zero-order chi connectivity index (χ0) is 19.2. The van der Waals surface area contributed by atoms with Crippen molar-refractivity contribution in [2.75, 3.05) is 20.3 Å². The van der Waals surface area contributed by atoms with E-state index in [-0.39, 0.29) is 5.91 Å². The van der Waals surface area contributed by atoms with E-state index in [2.05, 4.69) is 0 Å². The number of thiocarbonyl (C=S) groups is 1. The van der Waals surface area contributed by atoms with Gasteiger partial charge in [0.25, 0.3) is 5.91 Å². The number of nitrogens with zero attached hydrogens (tertiary/aromatic N) is 1. The summed E-state index contributed by atoms with van der Waals surface area (Å²) in [6.07, 6.45) is 2.65. The van der Waals surface area contributed by atoms with Crippen LogP contribution in [0.2, 0.25) is 0 Å². The second kappa shape index (κ2) is 9.06. The average Bonchev–Trinajstić information content (AvgIpc) is 2.90. The van der Waals surface area contributed by atoms with Crippen molar-refractivity contribution in [1.82, 2.24) is 4.90 Å². The van der Waals surface area contributed by atoms with Gasteiger partial charge in [0.15, 0.2) is 0 Å². The van der Waals surface area contributed by atoms with Crippen molar-refractivity contribution in [2.45, 2.75) is 13.3 Å². The molecule has 0 radical (unpaired) electrons. The van der Waals surface area contributed by atoms with Gasteiger partial charge in [-0.3, -0.25) is 9.69 Å². The number of carbonyl (C=O) groups excluding carboxylic acids is 1. The van der Waals surface area contributed by atoms with E-state index in [0.29, 0.717) is 22.4 Å². The molecule has 1 saturated heterocycles. The lowest BCUT2D eigenvalue weighted by Crippen LogP contribution is -2.22. The van der Waals surface area contributed by atoms with Crippen molar-refractivity contribution in [3.8, 4) is 11.5 Å². The molecule has 0 aromatic heterocycles. The van der Waals surface area contributed by atoms with Crippen LogP contribution in [0.1, 0.15) is 17.5 Å². The van der Waals surface area contributed by atoms with Crippen LogP contribution in [-0.2, 0) is 4.79 Å². The van der Waals surface area contributed by atoms with Crippen LogP contribution >= 0.6 is 24.0 Å². The molecule has 1 fully saturated rings. The Hall–Kier alpha value is -2.31. The molecule has 1 aliphatic rings. The highest BCUT2D eigenvalue weighted by atomic mass is 32.2. The standard InChI is InChI=1S/C21H21NO3S2/c1-15-5-3-6-18(13-15)25-12-4-11-24-17-9-7-16(8-10-17)14-19-20(23)22(2)21(26)27-19/h3,5-10,13-14H,4,11-12H2,1-2H3/b19-14+. The predicted octanol–water partition coefficient (Wildman–Crippen LogP) is 4.67. The number of hydrogen-bond acceptors (Lipinski definition) is 5. The van der Waals surface area contributed by atoms with Crippen LogP contribution in [0.15, 0.2) is 53.4 Å². The Kier molecular flexibility index (Phi) is 6.53. The molecule has 0 atom stereocenters. The van der Waals surface area contributed by atoms with Crippen LogP contribution in [-0.4, -0.2) is 35.4 Å². The van der Waals surface area contributed by atoms with Crippen molar-refractivity contribution >= 4 is 40.3 Å². The fourth-order valence-electron chi connectivity index (χ4n) is 2.50. The molecule has 0 saturated carbocycles. The van der Waals surface area contributed by atoms with Crippen LogP contribution in [0, 0.1) is 6.92 Å². The Balaban J connectivity index is 1.44. The zero-order valence-electron chi connectivity index (χ0n) is 15.3. The van der Waals surface area contributed by atoms with Crippen LogP contribution in [0.5, 0.6) is 11.5 Å². The van der Waals surface area contributed by atoms with Gasteiger partial charge in [-0.05, 0) is 48.4 Å². The number of ether oxygens (including phenoxy) is 2. The van der Waals surface area contributed by atoms with Crippen molar-refractivity contribution in [3.63, 3.8) is 0 Å². The largest absolute Gasteiger partial charge is 0.493 e. The number of hydrogen-bond donors (Lipinski definition) is 0. The monoisotopic (exact) mass is 399 g/mol. The summed E-state index contributed by atoms with van der Waals surface area (Å²) in [7, 11) is 1.69. The summed E-state index contributed by atoms with van der Waals surface area (Å²) in [5.41, 5.74) is 2.13. The van der Waals surface area contributed by atoms with Crippen molar-refractivity contribution < 1.29 is 14.3 Å². The molecule has 0 N–H and O–H groups in total. The van der Waals surface area contributed by atoms with Gasteiger partial charge >= 0.3 is 0 Å². The van der Waals surface area contributed by atoms with Gasteiger partial charge < -0.3 is 9.47 Å². The van der Waals surface area contributed by atoms with E-state index in [4.69, 9.17) is 21.7 Å². The summed E-state index contributed by atoms with van der Waals surface area (Å²) in [5, 5.41) is 0. The molecular weight excluding hydrogens is 378 g/mol. The summed E-state index contributed by atoms with van der Waals surface area (Å²) >= 11 is 6.46. The zero-order valence-corrected chi connectivity index (χ0v) is 16.9. The van der Waals surface area contributed by atoms with Crippen LogP contribution in [0.3, 0.4) is 0 Å². The first-order chi connectivity index (χ1) is 13.0. The van der Waals surface area contributed by atoms with Crippen LogP contribution in [0.25, 0.3) is 6.08 Å². The third kappa shape index (κ3) is 5.34. The summed E-state index contributed by atoms with van der Waals surface area (Å²) in [5.74, 6) is 1.63. The summed E-state index contributed by atoms with van der Waals surface area (Å²) < 4.78 is 12.0. The molecule has 0 aliphatic carbocycles. The molecule has 4 nitrogen and oxygen atoms in total. The number of likely N-dealkylation sites (N-methyl/N-ethyl adjacent to an activating group) is 1. The first-order valence-corrected chi connectivity index (χ1v) is 9.89. The van der Waals surface area contributed by atoms with E-state index in [1.165, 1.54) is 22.2 Å². The van der Waals surface area contributed by atoms with Crippen molar-refractivity contribution in [3.05, 3.63) is 64.6 Å². The Labute approximate surface area is 169 Å². The van der Waals surface area contributed by atoms with Gasteiger partial charge in [-0.1, -0.05) is 48.2 Å². The lowest BCUT2D eigenvalue weighted by atomic mass is 10.2. The number of rotatable bonds is 7. The van der Waals surface area contributed by atoms with E-state index in [0.717, 1.165) is 23.5 Å². The maximum Gasteiger partial charge on any atom is 0.265 e. The minimum atomic E-state index is -0.0565. The Morgan fingerprint density at radius 2 is 1.78 bits per heavy atom. The minimum absolute atomic E-state index is 0.0565. The smallest absolute Gasteiger partial charge is 0.265 e. The first kappa shape index (κ1) is 19.5. The summed E-state index contributed by atoms with van der Waals surface area (Å²) in [6.45, 7) is 3.24. The molecule has 1 heterocycles. The van der Waals surface area contributed by atoms with Gasteiger partial charge in [0.1, 0.15) is 15.8 Å². The van der Waals surface area contributed by atoms with Gasteiger partial charge in [0.2, 0.25) is 0 Å². The highest BCUT2D eigenvalue weighted by Crippen LogP contribution is 2.31. The SMILES string of the molecule is Cc1cccc(OCCCOc2ccc(/C=C3/SC(=S)N(C)C3=O)cc2)c1. The number of benzene rings is 2. The van der Waals surface area contributed by atoms with Gasteiger partial charge in [-0.25, -0.2) is 0 Å². The van der Waals surface area contributed by atoms with Gasteiger partial charge in [-0.2, -0.15) is 0 Å². The molecule has 3 rings (SSSR count). The molecule has 0 spiro atoms. The lowest BCUT2D eigenvalue weighted by Gasteiger charge is -2.08. The van der Waals surface area contributed by atoms with Crippen LogP contribution in [0.4, 0.5) is 0 Å². The Morgan fingerprint density at radius 3 is 2.41 bits per heavy atom. The fraction of sp³-hybridized carbons (Fsp3) is 0.238. The lowest BCUT2D eigenvalue weighted by molar-refractivity contribution is -0.121. The topological polar surface area (TPSA) is 38.8 Å². The van der Waals surface area contributed by atoms with E-state index < -0.39 is 0 Å². The highest BCUT2D eigenvalue weighted by molar-refractivity contribution is 8.26. The van der Waals surface area contributed by atoms with Gasteiger partial charge in [-0.15, -0.1) is 0 Å². The molecule has 6 heteroatoms. The second-order valence-corrected chi connectivity index (χ2v) is 7.85. The average molecular weight is 400 g/mol. The van der Waals surface area contributed by atoms with E-state index in [1.807, 2.05) is 61.5 Å². The number of aryl methyl sites for hydroxylation is 1. The third-order valence-corrected chi connectivity index (χ3v) is 5.46. The maximum absolute atomic E-state index is 12.0. The molecule has 1 aliphatic heterocycles. The minimum Gasteiger partial charge on any atom is -0.493 e. The Bertz CT molecular complexity index is 862. The molecule has 1 amide bonds. The summed E-state index contributed by atoms with van der Waals surface area (Å²) in [6, 6.07) is 15.7. The van der Waals surface area contributed by atoms with Crippen LogP contribution < -0.4 is 9.47 Å². The first-order valence-electron chi connectivity index (χ1n) is 8.67. The maximum atomic E-state index is 12.0. The predicted molar refractivity (Wildman–Crippen MR) is 114 cm³/mol. The van der Waals surface area contributed by atoms with E-state index in [1.54, 1.807) is 7.05 Å². The molecule has 2 aromatic rings. The number of thioether (sulfide) groups is 1. The van der Waals surface area contributed by atoms with Gasteiger partial charge in [0, 0.05) is 13.5 Å². The Morgan fingerprint density at radius 1 is 1.07 bits per heavy atom. The van der Waals surface area contributed by atoms with Crippen molar-refractivity contribution in [1.29, 1.82) is 0 Å². The number of carbonyl (C=O) groups is 1. The summed E-state index contributed by atoms with van der Waals surface area (Å²) in [4.78, 5) is 14.2. The van der Waals surface area contributed by atoms with E-state index in [9.17, 15) is 4.79 Å². The molecule has 0 bridgehead atoms. The number of amides is 1. The normalized spacial score (nSPS) is 15.5. The second-order valence-electron chi connectivity index (χ2n) is 6.18. The third-order valence-electron chi connectivity index (χ3n) is 3.98. The highest BCUT2D eigenvalue weighted by Gasteiger charge is 2.28. The van der Waals surface area contributed by atoms with Gasteiger partial charge in [0.05, 0.1) is 18.1 Å². The molecular formula is C21H21NO3S2.